The second kappa shape index (κ2) is 6.45. The maximum absolute atomic E-state index is 4.63. The maximum Gasteiger partial charge on any atom is 0.0544 e. The second-order valence-corrected chi connectivity index (χ2v) is 8.20. The molecular weight excluding hydrogens is 258 g/mol. The number of hydrogen-bond acceptors (Lipinski definition) is 3. The van der Waals surface area contributed by atoms with Gasteiger partial charge in [0.1, 0.15) is 0 Å². The summed E-state index contributed by atoms with van der Waals surface area (Å²) < 4.78 is 0. The van der Waals surface area contributed by atoms with Crippen LogP contribution in [0.25, 0.3) is 0 Å². The predicted molar refractivity (Wildman–Crippen MR) is 89.1 cm³/mol. The molecule has 3 heteroatoms. The highest BCUT2D eigenvalue weighted by molar-refractivity contribution is 5.14. The van der Waals surface area contributed by atoms with Crippen LogP contribution in [0.1, 0.15) is 58.7 Å². The summed E-state index contributed by atoms with van der Waals surface area (Å²) in [6.07, 6.45) is 4.60. The minimum Gasteiger partial charge on any atom is -0.308 e. The van der Waals surface area contributed by atoms with Crippen LogP contribution in [0.4, 0.5) is 0 Å². The lowest BCUT2D eigenvalue weighted by Gasteiger charge is -2.36. The van der Waals surface area contributed by atoms with Crippen LogP contribution in [0.3, 0.4) is 0 Å². The summed E-state index contributed by atoms with van der Waals surface area (Å²) in [5.74, 6) is 0. The fraction of sp³-hybridized carbons (Fsp3) is 0.722. The Morgan fingerprint density at radius 2 is 1.86 bits per heavy atom. The monoisotopic (exact) mass is 289 g/mol. The van der Waals surface area contributed by atoms with E-state index in [4.69, 9.17) is 0 Å². The van der Waals surface area contributed by atoms with Gasteiger partial charge in [0.05, 0.1) is 5.69 Å². The Morgan fingerprint density at radius 3 is 2.38 bits per heavy atom. The van der Waals surface area contributed by atoms with E-state index in [1.54, 1.807) is 0 Å². The molecule has 1 N–H and O–H groups in total. The van der Waals surface area contributed by atoms with Crippen molar-refractivity contribution in [1.29, 1.82) is 0 Å². The third-order valence-electron chi connectivity index (χ3n) is 4.30. The highest BCUT2D eigenvalue weighted by atomic mass is 15.1. The van der Waals surface area contributed by atoms with Crippen LogP contribution in [-0.4, -0.2) is 28.5 Å². The van der Waals surface area contributed by atoms with Crippen molar-refractivity contribution in [2.24, 2.45) is 5.41 Å². The molecule has 0 atom stereocenters. The molecule has 1 aliphatic rings. The first-order valence-corrected chi connectivity index (χ1v) is 8.15. The summed E-state index contributed by atoms with van der Waals surface area (Å²) in [5.41, 5.74) is 3.12. The third kappa shape index (κ3) is 5.76. The van der Waals surface area contributed by atoms with Crippen LogP contribution in [0, 0.1) is 5.41 Å². The molecular formula is C18H31N3. The number of rotatable bonds is 4. The number of aromatic nitrogens is 1. The van der Waals surface area contributed by atoms with Crippen molar-refractivity contribution in [1.82, 2.24) is 15.2 Å². The van der Waals surface area contributed by atoms with Crippen LogP contribution >= 0.6 is 0 Å². The zero-order chi connectivity index (χ0) is 15.5. The lowest BCUT2D eigenvalue weighted by atomic mass is 9.83. The van der Waals surface area contributed by atoms with Crippen LogP contribution in [0.5, 0.6) is 0 Å². The molecule has 2 heterocycles. The Kier molecular flexibility index (Phi) is 5.05. The molecule has 0 radical (unpaired) electrons. The van der Waals surface area contributed by atoms with Crippen molar-refractivity contribution in [2.45, 2.75) is 66.1 Å². The molecule has 1 aromatic rings. The Balaban J connectivity index is 1.83. The third-order valence-corrected chi connectivity index (χ3v) is 4.30. The highest BCUT2D eigenvalue weighted by Gasteiger charge is 2.25. The van der Waals surface area contributed by atoms with E-state index in [0.717, 1.165) is 13.1 Å². The number of hydrogen-bond donors (Lipinski definition) is 1. The van der Waals surface area contributed by atoms with Crippen molar-refractivity contribution in [2.75, 3.05) is 13.1 Å². The van der Waals surface area contributed by atoms with Crippen LogP contribution in [-0.2, 0) is 13.1 Å². The molecule has 0 bridgehead atoms. The number of pyridine rings is 1. The van der Waals surface area contributed by atoms with E-state index in [-0.39, 0.29) is 5.54 Å². The topological polar surface area (TPSA) is 28.2 Å². The van der Waals surface area contributed by atoms with Gasteiger partial charge in [-0.2, -0.15) is 0 Å². The Morgan fingerprint density at radius 1 is 1.19 bits per heavy atom. The molecule has 1 aliphatic heterocycles. The molecule has 1 aromatic heterocycles. The molecule has 2 rings (SSSR count). The van der Waals surface area contributed by atoms with Crippen molar-refractivity contribution in [3.8, 4) is 0 Å². The number of nitrogens with one attached hydrogen (secondary N) is 1. The lowest BCUT2D eigenvalue weighted by molar-refractivity contribution is 0.126. The van der Waals surface area contributed by atoms with E-state index in [1.807, 2.05) is 6.20 Å². The van der Waals surface area contributed by atoms with Gasteiger partial charge in [-0.25, -0.2) is 0 Å². The van der Waals surface area contributed by atoms with Gasteiger partial charge in [-0.15, -0.1) is 0 Å². The summed E-state index contributed by atoms with van der Waals surface area (Å²) in [5, 5.41) is 3.50. The smallest absolute Gasteiger partial charge is 0.0544 e. The largest absolute Gasteiger partial charge is 0.308 e. The summed E-state index contributed by atoms with van der Waals surface area (Å²) in [6.45, 7) is 15.6. The molecule has 118 valence electrons. The zero-order valence-corrected chi connectivity index (χ0v) is 14.4. The Hall–Kier alpha value is -0.930. The van der Waals surface area contributed by atoms with E-state index in [9.17, 15) is 0 Å². The first-order valence-electron chi connectivity index (χ1n) is 8.15. The molecule has 1 fully saturated rings. The molecule has 21 heavy (non-hydrogen) atoms. The van der Waals surface area contributed by atoms with E-state index in [2.05, 4.69) is 62.0 Å². The minimum atomic E-state index is 0.152. The van der Waals surface area contributed by atoms with Gasteiger partial charge in [0.25, 0.3) is 0 Å². The summed E-state index contributed by atoms with van der Waals surface area (Å²) in [4.78, 5) is 7.16. The van der Waals surface area contributed by atoms with Gasteiger partial charge in [0.15, 0.2) is 0 Å². The quantitative estimate of drug-likeness (QED) is 0.918. The van der Waals surface area contributed by atoms with Crippen LogP contribution in [0.2, 0.25) is 0 Å². The van der Waals surface area contributed by atoms with Crippen molar-refractivity contribution >= 4 is 0 Å². The van der Waals surface area contributed by atoms with E-state index >= 15 is 0 Å². The van der Waals surface area contributed by atoms with Gasteiger partial charge < -0.3 is 5.32 Å². The van der Waals surface area contributed by atoms with Gasteiger partial charge in [-0.1, -0.05) is 19.9 Å². The Bertz CT molecular complexity index is 433. The van der Waals surface area contributed by atoms with Crippen molar-refractivity contribution < 1.29 is 0 Å². The molecule has 1 saturated heterocycles. The summed E-state index contributed by atoms with van der Waals surface area (Å²) >= 11 is 0. The standard InChI is InChI=1S/C18H31N3/c1-17(2,3)20-13-15-6-7-16(19-12-15)14-21-10-8-18(4,5)9-11-21/h6-7,12,20H,8-11,13-14H2,1-5H3. The number of likely N-dealkylation sites (tertiary alicyclic amines) is 1. The Labute approximate surface area is 130 Å². The molecule has 3 nitrogen and oxygen atoms in total. The fourth-order valence-electron chi connectivity index (χ4n) is 2.57. The molecule has 0 spiro atoms. The minimum absolute atomic E-state index is 0.152. The highest BCUT2D eigenvalue weighted by Crippen LogP contribution is 2.30. The average molecular weight is 289 g/mol. The molecule has 0 amide bonds. The summed E-state index contributed by atoms with van der Waals surface area (Å²) in [7, 11) is 0. The average Bonchev–Trinajstić information content (AvgIpc) is 2.40. The van der Waals surface area contributed by atoms with Gasteiger partial charge in [0, 0.05) is 24.8 Å². The molecule has 0 unspecified atom stereocenters. The molecule has 0 aromatic carbocycles. The zero-order valence-electron chi connectivity index (χ0n) is 14.4. The predicted octanol–water partition coefficient (Wildman–Crippen LogP) is 3.59. The van der Waals surface area contributed by atoms with Crippen molar-refractivity contribution in [3.05, 3.63) is 29.6 Å². The van der Waals surface area contributed by atoms with Gasteiger partial charge in [0.2, 0.25) is 0 Å². The SMILES string of the molecule is CC1(C)CCN(Cc2ccc(CNC(C)(C)C)cn2)CC1. The van der Waals surface area contributed by atoms with Gasteiger partial charge >= 0.3 is 0 Å². The van der Waals surface area contributed by atoms with E-state index < -0.39 is 0 Å². The number of piperidine rings is 1. The van der Waals surface area contributed by atoms with Gasteiger partial charge in [-0.05, 0) is 63.7 Å². The van der Waals surface area contributed by atoms with E-state index in [1.165, 1.54) is 37.2 Å². The van der Waals surface area contributed by atoms with Crippen LogP contribution in [0.15, 0.2) is 18.3 Å². The first kappa shape index (κ1) is 16.4. The first-order chi connectivity index (χ1) is 9.73. The maximum atomic E-state index is 4.63. The van der Waals surface area contributed by atoms with Crippen LogP contribution < -0.4 is 5.32 Å². The fourth-order valence-corrected chi connectivity index (χ4v) is 2.57. The lowest BCUT2D eigenvalue weighted by Crippen LogP contribution is -2.37. The molecule has 0 saturated carbocycles. The second-order valence-electron chi connectivity index (χ2n) is 8.20. The molecule has 0 aliphatic carbocycles. The number of nitrogens with zero attached hydrogens (tertiary/aromatic N) is 2. The summed E-state index contributed by atoms with van der Waals surface area (Å²) in [6, 6.07) is 4.38. The van der Waals surface area contributed by atoms with E-state index in [0.29, 0.717) is 5.41 Å². The van der Waals surface area contributed by atoms with Crippen molar-refractivity contribution in [3.63, 3.8) is 0 Å². The van der Waals surface area contributed by atoms with Gasteiger partial charge in [-0.3, -0.25) is 9.88 Å². The normalized spacial score (nSPS) is 19.7.